The van der Waals surface area contributed by atoms with Gasteiger partial charge < -0.3 is 10.3 Å². The van der Waals surface area contributed by atoms with Crippen LogP contribution in [0.15, 0.2) is 53.4 Å². The van der Waals surface area contributed by atoms with Gasteiger partial charge in [0.15, 0.2) is 0 Å². The van der Waals surface area contributed by atoms with Crippen LogP contribution in [0.3, 0.4) is 0 Å². The summed E-state index contributed by atoms with van der Waals surface area (Å²) in [5, 5.41) is 3.80. The molecule has 0 atom stereocenters. The number of carbonyl (C=O) groups excluding carboxylic acids is 1. The highest BCUT2D eigenvalue weighted by Crippen LogP contribution is 2.51. The third-order valence-electron chi connectivity index (χ3n) is 5.36. The Morgan fingerprint density at radius 2 is 1.79 bits per heavy atom. The molecule has 0 bridgehead atoms. The summed E-state index contributed by atoms with van der Waals surface area (Å²) < 4.78 is 28.3. The third kappa shape index (κ3) is 3.43. The molecular formula is C21H23N3O3S. The van der Waals surface area contributed by atoms with Gasteiger partial charge >= 0.3 is 0 Å². The number of aromatic amines is 1. The molecule has 3 N–H and O–H groups in total. The van der Waals surface area contributed by atoms with E-state index in [0.717, 1.165) is 29.4 Å². The molecule has 0 aliphatic heterocycles. The Kier molecular flexibility index (Phi) is 4.51. The van der Waals surface area contributed by atoms with E-state index in [1.807, 2.05) is 25.1 Å². The minimum absolute atomic E-state index is 0.160. The summed E-state index contributed by atoms with van der Waals surface area (Å²) in [4.78, 5) is 14.7. The molecule has 1 amide bonds. The summed E-state index contributed by atoms with van der Waals surface area (Å²) in [5.74, 6) is -0.196. The van der Waals surface area contributed by atoms with E-state index in [2.05, 4.69) is 21.1 Å². The first-order chi connectivity index (χ1) is 13.3. The fourth-order valence-electron chi connectivity index (χ4n) is 3.86. The molecule has 28 heavy (non-hydrogen) atoms. The molecule has 3 aromatic rings. The first kappa shape index (κ1) is 18.7. The highest BCUT2D eigenvalue weighted by Gasteiger charge is 2.47. The van der Waals surface area contributed by atoms with Crippen molar-refractivity contribution in [2.24, 2.45) is 0 Å². The number of amides is 1. The molecule has 1 aliphatic rings. The standard InChI is InChI=1S/C21H23N3O3S/c1-14-20(18-5-3-4-6-19(18)23-14)21(11-12-21)13-22-28(26,27)17-9-7-16(8-10-17)24-15(2)25/h3-10,22-23H,11-13H2,1-2H3,(H,24,25). The van der Waals surface area contributed by atoms with Gasteiger partial charge in [-0.2, -0.15) is 0 Å². The van der Waals surface area contributed by atoms with Crippen molar-refractivity contribution in [3.63, 3.8) is 0 Å². The zero-order valence-corrected chi connectivity index (χ0v) is 16.7. The van der Waals surface area contributed by atoms with Crippen LogP contribution >= 0.6 is 0 Å². The predicted octanol–water partition coefficient (Wildman–Crippen LogP) is 3.44. The predicted molar refractivity (Wildman–Crippen MR) is 110 cm³/mol. The van der Waals surface area contributed by atoms with Crippen LogP contribution in [-0.4, -0.2) is 25.9 Å². The number of hydrogen-bond donors (Lipinski definition) is 3. The molecular weight excluding hydrogens is 374 g/mol. The zero-order valence-electron chi connectivity index (χ0n) is 15.9. The Labute approximate surface area is 164 Å². The van der Waals surface area contributed by atoms with E-state index >= 15 is 0 Å². The maximum atomic E-state index is 12.8. The lowest BCUT2D eigenvalue weighted by Gasteiger charge is -2.17. The fourth-order valence-corrected chi connectivity index (χ4v) is 4.99. The lowest BCUT2D eigenvalue weighted by atomic mass is 9.93. The summed E-state index contributed by atoms with van der Waals surface area (Å²) >= 11 is 0. The molecule has 146 valence electrons. The third-order valence-corrected chi connectivity index (χ3v) is 6.78. The van der Waals surface area contributed by atoms with Crippen molar-refractivity contribution in [2.75, 3.05) is 11.9 Å². The van der Waals surface area contributed by atoms with Crippen LogP contribution in [0.1, 0.15) is 31.0 Å². The van der Waals surface area contributed by atoms with Gasteiger partial charge in [0.05, 0.1) is 4.90 Å². The lowest BCUT2D eigenvalue weighted by molar-refractivity contribution is -0.114. The normalized spacial score (nSPS) is 15.5. The van der Waals surface area contributed by atoms with Crippen molar-refractivity contribution in [2.45, 2.75) is 37.0 Å². The van der Waals surface area contributed by atoms with Gasteiger partial charge in [0.25, 0.3) is 0 Å². The minimum Gasteiger partial charge on any atom is -0.358 e. The average Bonchev–Trinajstić information content (AvgIpc) is 3.35. The molecule has 7 heteroatoms. The molecule has 1 aromatic heterocycles. The van der Waals surface area contributed by atoms with Gasteiger partial charge in [-0.15, -0.1) is 0 Å². The number of para-hydroxylation sites is 1. The molecule has 0 spiro atoms. The minimum atomic E-state index is -3.63. The highest BCUT2D eigenvalue weighted by atomic mass is 32.2. The smallest absolute Gasteiger partial charge is 0.240 e. The first-order valence-corrected chi connectivity index (χ1v) is 10.7. The number of carbonyl (C=O) groups is 1. The SMILES string of the molecule is CC(=O)Nc1ccc(S(=O)(=O)NCC2(c3c(C)[nH]c4ccccc34)CC2)cc1. The van der Waals surface area contributed by atoms with Gasteiger partial charge in [0.1, 0.15) is 0 Å². The topological polar surface area (TPSA) is 91.1 Å². The van der Waals surface area contributed by atoms with E-state index in [1.54, 1.807) is 12.1 Å². The second-order valence-electron chi connectivity index (χ2n) is 7.48. The van der Waals surface area contributed by atoms with Crippen LogP contribution in [-0.2, 0) is 20.2 Å². The Balaban J connectivity index is 1.55. The van der Waals surface area contributed by atoms with E-state index in [0.29, 0.717) is 12.2 Å². The van der Waals surface area contributed by atoms with Gasteiger partial charge in [-0.05, 0) is 55.7 Å². The molecule has 1 fully saturated rings. The van der Waals surface area contributed by atoms with Crippen molar-refractivity contribution in [3.8, 4) is 0 Å². The summed E-state index contributed by atoms with van der Waals surface area (Å²) in [6.07, 6.45) is 1.92. The largest absolute Gasteiger partial charge is 0.358 e. The van der Waals surface area contributed by atoms with Crippen molar-refractivity contribution in [1.82, 2.24) is 9.71 Å². The van der Waals surface area contributed by atoms with Crippen LogP contribution in [0.2, 0.25) is 0 Å². The molecule has 0 radical (unpaired) electrons. The van der Waals surface area contributed by atoms with E-state index in [-0.39, 0.29) is 16.2 Å². The quantitative estimate of drug-likeness (QED) is 0.595. The second kappa shape index (κ2) is 6.76. The number of rotatable bonds is 6. The number of H-pyrrole nitrogens is 1. The summed E-state index contributed by atoms with van der Waals surface area (Å²) in [5.41, 5.74) is 3.80. The molecule has 6 nitrogen and oxygen atoms in total. The number of anilines is 1. The number of fused-ring (bicyclic) bond motifs is 1. The highest BCUT2D eigenvalue weighted by molar-refractivity contribution is 7.89. The van der Waals surface area contributed by atoms with Crippen molar-refractivity contribution < 1.29 is 13.2 Å². The number of aryl methyl sites for hydroxylation is 1. The summed E-state index contributed by atoms with van der Waals surface area (Å²) in [6.45, 7) is 3.82. The Morgan fingerprint density at radius 1 is 1.11 bits per heavy atom. The monoisotopic (exact) mass is 397 g/mol. The molecule has 1 saturated carbocycles. The lowest BCUT2D eigenvalue weighted by Crippen LogP contribution is -2.32. The first-order valence-electron chi connectivity index (χ1n) is 9.26. The number of benzene rings is 2. The molecule has 1 aliphatic carbocycles. The summed E-state index contributed by atoms with van der Waals surface area (Å²) in [7, 11) is -3.63. The van der Waals surface area contributed by atoms with E-state index < -0.39 is 10.0 Å². The maximum Gasteiger partial charge on any atom is 0.240 e. The second-order valence-corrected chi connectivity index (χ2v) is 9.25. The molecule has 4 rings (SSSR count). The van der Waals surface area contributed by atoms with Crippen LogP contribution < -0.4 is 10.0 Å². The molecule has 2 aromatic carbocycles. The number of sulfonamides is 1. The number of hydrogen-bond acceptors (Lipinski definition) is 3. The van der Waals surface area contributed by atoms with Gasteiger partial charge in [-0.3, -0.25) is 4.79 Å². The van der Waals surface area contributed by atoms with E-state index in [4.69, 9.17) is 0 Å². The number of nitrogens with one attached hydrogen (secondary N) is 3. The van der Waals surface area contributed by atoms with Crippen LogP contribution in [0.25, 0.3) is 10.9 Å². The van der Waals surface area contributed by atoms with Crippen LogP contribution in [0, 0.1) is 6.92 Å². The zero-order chi connectivity index (χ0) is 19.9. The fraction of sp³-hybridized carbons (Fsp3) is 0.286. The van der Waals surface area contributed by atoms with Crippen molar-refractivity contribution in [3.05, 3.63) is 59.8 Å². The van der Waals surface area contributed by atoms with Crippen molar-refractivity contribution >= 4 is 32.5 Å². The van der Waals surface area contributed by atoms with E-state index in [9.17, 15) is 13.2 Å². The van der Waals surface area contributed by atoms with Gasteiger partial charge in [-0.1, -0.05) is 18.2 Å². The van der Waals surface area contributed by atoms with Crippen LogP contribution in [0.4, 0.5) is 5.69 Å². The van der Waals surface area contributed by atoms with Gasteiger partial charge in [0, 0.05) is 41.2 Å². The molecule has 0 unspecified atom stereocenters. The Bertz CT molecular complexity index is 1140. The van der Waals surface area contributed by atoms with Gasteiger partial charge in [0.2, 0.25) is 15.9 Å². The Morgan fingerprint density at radius 3 is 2.43 bits per heavy atom. The summed E-state index contributed by atoms with van der Waals surface area (Å²) in [6, 6.07) is 14.3. The van der Waals surface area contributed by atoms with Crippen molar-refractivity contribution in [1.29, 1.82) is 0 Å². The number of aromatic nitrogens is 1. The van der Waals surface area contributed by atoms with Gasteiger partial charge in [-0.25, -0.2) is 13.1 Å². The maximum absolute atomic E-state index is 12.8. The van der Waals surface area contributed by atoms with E-state index in [1.165, 1.54) is 24.6 Å². The van der Waals surface area contributed by atoms with Crippen LogP contribution in [0.5, 0.6) is 0 Å². The molecule has 1 heterocycles. The molecule has 0 saturated heterocycles. The average molecular weight is 398 g/mol. The Hall–Kier alpha value is -2.64.